The maximum absolute atomic E-state index is 12.5. The van der Waals surface area contributed by atoms with Crippen LogP contribution in [0.25, 0.3) is 0 Å². The predicted molar refractivity (Wildman–Crippen MR) is 113 cm³/mol. The first-order valence-electron chi connectivity index (χ1n) is 8.86. The average molecular weight is 377 g/mol. The van der Waals surface area contributed by atoms with Crippen molar-refractivity contribution in [3.63, 3.8) is 0 Å². The SMILES string of the molecule is C=[P+](C)C(N1CC(N2CCN(C(=O)c3ccccc3)CC2)C1)[P+](=C)C. The molecule has 0 N–H and O–H groups in total. The minimum atomic E-state index is -0.205. The molecular formula is C19H29N3OP2+2. The maximum Gasteiger partial charge on any atom is 0.316 e. The van der Waals surface area contributed by atoms with Crippen LogP contribution < -0.4 is 0 Å². The molecule has 2 saturated heterocycles. The van der Waals surface area contributed by atoms with Crippen LogP contribution in [-0.4, -0.2) is 97.4 Å². The molecule has 0 aliphatic carbocycles. The lowest BCUT2D eigenvalue weighted by Crippen LogP contribution is -2.64. The Kier molecular flexibility index (Phi) is 6.07. The number of piperazine rings is 1. The van der Waals surface area contributed by atoms with E-state index < -0.39 is 0 Å². The zero-order valence-corrected chi connectivity index (χ0v) is 17.1. The van der Waals surface area contributed by atoms with Crippen molar-refractivity contribution in [3.8, 4) is 0 Å². The first kappa shape index (κ1) is 18.7. The highest BCUT2D eigenvalue weighted by Gasteiger charge is 2.45. The van der Waals surface area contributed by atoms with Crippen molar-refractivity contribution in [1.29, 1.82) is 0 Å². The molecule has 2 aliphatic heterocycles. The standard InChI is InChI=1S/C19H29N3OP2/c1-24(2)19(25(3)4)22-14-17(15-22)20-10-12-21(13-11-20)18(23)16-8-6-5-7-9-16/h5-9,17,19H,1,3,10-15H2,2,4H3/q+2. The lowest BCUT2D eigenvalue weighted by molar-refractivity contribution is 0.0104. The average Bonchev–Trinajstić information content (AvgIpc) is 2.57. The summed E-state index contributed by atoms with van der Waals surface area (Å²) < 4.78 is 0. The van der Waals surface area contributed by atoms with Crippen LogP contribution in [0.5, 0.6) is 0 Å². The topological polar surface area (TPSA) is 26.8 Å². The molecule has 134 valence electrons. The first-order chi connectivity index (χ1) is 12.0. The molecule has 4 nitrogen and oxygen atoms in total. The molecule has 0 saturated carbocycles. The van der Waals surface area contributed by atoms with E-state index in [1.807, 2.05) is 35.2 Å². The second-order valence-electron chi connectivity index (χ2n) is 7.16. The highest BCUT2D eigenvalue weighted by molar-refractivity contribution is 7.72. The van der Waals surface area contributed by atoms with Gasteiger partial charge in [0.15, 0.2) is 15.1 Å². The highest BCUT2D eigenvalue weighted by atomic mass is 31.2. The molecule has 1 amide bonds. The summed E-state index contributed by atoms with van der Waals surface area (Å²) in [5.41, 5.74) is 1.40. The molecule has 2 aliphatic rings. The van der Waals surface area contributed by atoms with Crippen LogP contribution in [0.2, 0.25) is 0 Å². The van der Waals surface area contributed by atoms with E-state index in [4.69, 9.17) is 0 Å². The summed E-state index contributed by atoms with van der Waals surface area (Å²) in [6.45, 7) is 10.5. The van der Waals surface area contributed by atoms with Gasteiger partial charge in [-0.25, -0.2) is 4.90 Å². The zero-order chi connectivity index (χ0) is 18.0. The van der Waals surface area contributed by atoms with Gasteiger partial charge in [-0.3, -0.25) is 9.69 Å². The Balaban J connectivity index is 1.49. The molecule has 2 fully saturated rings. The smallest absolute Gasteiger partial charge is 0.316 e. The van der Waals surface area contributed by atoms with Gasteiger partial charge < -0.3 is 4.90 Å². The Bertz CT molecular complexity index is 636. The molecule has 3 rings (SSSR count). The fourth-order valence-electron chi connectivity index (χ4n) is 3.85. The number of amides is 1. The summed E-state index contributed by atoms with van der Waals surface area (Å²) in [6, 6.07) is 10.3. The van der Waals surface area contributed by atoms with Crippen LogP contribution in [0.3, 0.4) is 0 Å². The summed E-state index contributed by atoms with van der Waals surface area (Å²) in [5, 5.41) is 0. The Hall–Kier alpha value is -1.05. The van der Waals surface area contributed by atoms with Crippen molar-refractivity contribution in [2.24, 2.45) is 0 Å². The number of benzene rings is 1. The summed E-state index contributed by atoms with van der Waals surface area (Å²) in [6.07, 6.45) is 8.60. The van der Waals surface area contributed by atoms with E-state index in [0.717, 1.165) is 44.8 Å². The largest absolute Gasteiger partial charge is 0.336 e. The van der Waals surface area contributed by atoms with Gasteiger partial charge in [0, 0.05) is 50.9 Å². The van der Waals surface area contributed by atoms with Crippen molar-refractivity contribution in [3.05, 3.63) is 35.9 Å². The molecule has 1 aromatic carbocycles. The van der Waals surface area contributed by atoms with Crippen LogP contribution in [0.15, 0.2) is 30.3 Å². The molecular weight excluding hydrogens is 348 g/mol. The fraction of sp³-hybridized carbons (Fsp3) is 0.526. The summed E-state index contributed by atoms with van der Waals surface area (Å²) in [7, 11) is -0.409. The van der Waals surface area contributed by atoms with Gasteiger partial charge >= 0.3 is 5.52 Å². The number of likely N-dealkylation sites (tertiary alicyclic amines) is 1. The molecule has 25 heavy (non-hydrogen) atoms. The van der Waals surface area contributed by atoms with Crippen molar-refractivity contribution >= 4 is 33.6 Å². The second-order valence-corrected chi connectivity index (χ2v) is 11.6. The third-order valence-electron chi connectivity index (χ3n) is 5.14. The molecule has 6 heteroatoms. The van der Waals surface area contributed by atoms with E-state index in [0.29, 0.717) is 11.6 Å². The van der Waals surface area contributed by atoms with Crippen molar-refractivity contribution in [2.45, 2.75) is 11.6 Å². The second kappa shape index (κ2) is 8.10. The Morgan fingerprint density at radius 2 is 1.60 bits per heavy atom. The Morgan fingerprint density at radius 3 is 2.12 bits per heavy atom. The van der Waals surface area contributed by atoms with E-state index in [2.05, 4.69) is 35.7 Å². The van der Waals surface area contributed by atoms with Crippen LogP contribution in [-0.2, 0) is 0 Å². The number of hydrogen-bond acceptors (Lipinski definition) is 3. The summed E-state index contributed by atoms with van der Waals surface area (Å²) >= 11 is 0. The van der Waals surface area contributed by atoms with E-state index in [9.17, 15) is 4.79 Å². The minimum Gasteiger partial charge on any atom is -0.336 e. The molecule has 2 heterocycles. The Morgan fingerprint density at radius 1 is 1.04 bits per heavy atom. The molecule has 2 unspecified atom stereocenters. The van der Waals surface area contributed by atoms with Gasteiger partial charge in [-0.2, -0.15) is 0 Å². The molecule has 0 spiro atoms. The number of nitrogens with zero attached hydrogens (tertiary/aromatic N) is 3. The van der Waals surface area contributed by atoms with Gasteiger partial charge in [0.25, 0.3) is 5.91 Å². The van der Waals surface area contributed by atoms with Gasteiger partial charge in [0.05, 0.1) is 12.6 Å². The number of rotatable bonds is 5. The predicted octanol–water partition coefficient (Wildman–Crippen LogP) is 2.50. The molecule has 1 aromatic rings. The number of carbonyl (C=O) groups is 1. The third kappa shape index (κ3) is 4.20. The van der Waals surface area contributed by atoms with Gasteiger partial charge in [0.1, 0.15) is 13.3 Å². The van der Waals surface area contributed by atoms with Gasteiger partial charge in [0.2, 0.25) is 0 Å². The maximum atomic E-state index is 12.5. The van der Waals surface area contributed by atoms with E-state index in [-0.39, 0.29) is 21.0 Å². The molecule has 0 aromatic heterocycles. The van der Waals surface area contributed by atoms with Crippen molar-refractivity contribution in [2.75, 3.05) is 52.6 Å². The number of carbonyl (C=O) groups excluding carboxylic acids is 1. The lowest BCUT2D eigenvalue weighted by Gasteiger charge is -2.47. The quantitative estimate of drug-likeness (QED) is 0.738. The summed E-state index contributed by atoms with van der Waals surface area (Å²) in [5.74, 6) is 0.165. The zero-order valence-electron chi connectivity index (χ0n) is 15.3. The minimum absolute atomic E-state index is 0.165. The van der Waals surface area contributed by atoms with Crippen molar-refractivity contribution < 1.29 is 4.79 Å². The van der Waals surface area contributed by atoms with E-state index >= 15 is 0 Å². The summed E-state index contributed by atoms with van der Waals surface area (Å²) in [4.78, 5) is 19.7. The molecule has 0 bridgehead atoms. The van der Waals surface area contributed by atoms with E-state index in [1.165, 1.54) is 0 Å². The first-order valence-corrected chi connectivity index (χ1v) is 12.9. The van der Waals surface area contributed by atoms with Crippen LogP contribution in [0.1, 0.15) is 10.4 Å². The fourth-order valence-corrected chi connectivity index (χ4v) is 8.04. The molecule has 0 radical (unpaired) electrons. The monoisotopic (exact) mass is 377 g/mol. The molecule has 2 atom stereocenters. The van der Waals surface area contributed by atoms with Crippen LogP contribution in [0, 0.1) is 0 Å². The van der Waals surface area contributed by atoms with E-state index in [1.54, 1.807) is 0 Å². The number of hydrogen-bond donors (Lipinski definition) is 0. The Labute approximate surface area is 153 Å². The lowest BCUT2D eigenvalue weighted by atomic mass is 10.1. The van der Waals surface area contributed by atoms with Crippen LogP contribution in [0.4, 0.5) is 0 Å². The van der Waals surface area contributed by atoms with Gasteiger partial charge in [-0.05, 0) is 12.1 Å². The third-order valence-corrected chi connectivity index (χ3v) is 9.74. The van der Waals surface area contributed by atoms with Crippen molar-refractivity contribution in [1.82, 2.24) is 14.7 Å². The van der Waals surface area contributed by atoms with Gasteiger partial charge in [-0.1, -0.05) is 18.2 Å². The highest BCUT2D eigenvalue weighted by Crippen LogP contribution is 2.44. The van der Waals surface area contributed by atoms with Crippen LogP contribution >= 0.6 is 15.1 Å². The van der Waals surface area contributed by atoms with Gasteiger partial charge in [-0.15, -0.1) is 0 Å². The normalized spacial score (nSPS) is 22.2.